The molecule has 1 rings (SSSR count). The molecule has 0 bridgehead atoms. The number of carboxylic acids is 1. The minimum Gasteiger partial charge on any atom is -0.504 e. The van der Waals surface area contributed by atoms with E-state index >= 15 is 0 Å². The summed E-state index contributed by atoms with van der Waals surface area (Å²) in [6.07, 6.45) is -0.886. The molecule has 0 radical (unpaired) electrons. The summed E-state index contributed by atoms with van der Waals surface area (Å²) in [5.74, 6) is -1.46. The van der Waals surface area contributed by atoms with Crippen LogP contribution in [0.25, 0.3) is 0 Å². The number of hydrogen-bond acceptors (Lipinski definition) is 5. The third-order valence-corrected chi connectivity index (χ3v) is 2.24. The van der Waals surface area contributed by atoms with Crippen molar-refractivity contribution in [2.75, 3.05) is 13.1 Å². The van der Waals surface area contributed by atoms with Gasteiger partial charge in [-0.25, -0.2) is 0 Å². The lowest BCUT2D eigenvalue weighted by atomic mass is 10.1. The van der Waals surface area contributed by atoms with Crippen molar-refractivity contribution in [2.45, 2.75) is 12.5 Å². The molecular weight excluding hydrogens is 226 g/mol. The summed E-state index contributed by atoms with van der Waals surface area (Å²) in [4.78, 5) is 10.2. The molecule has 0 aromatic heterocycles. The largest absolute Gasteiger partial charge is 0.504 e. The van der Waals surface area contributed by atoms with Crippen LogP contribution in [0.5, 0.6) is 11.5 Å². The highest BCUT2D eigenvalue weighted by Gasteiger charge is 2.09. The monoisotopic (exact) mass is 241 g/mol. The van der Waals surface area contributed by atoms with Crippen LogP contribution in [0.15, 0.2) is 18.2 Å². The number of aliphatic carboxylic acids is 1. The molecule has 6 heteroatoms. The number of phenolic OH excluding ortho intramolecular Hbond substituents is 2. The molecule has 0 aliphatic heterocycles. The second kappa shape index (κ2) is 6.07. The van der Waals surface area contributed by atoms with Crippen molar-refractivity contribution < 1.29 is 25.2 Å². The van der Waals surface area contributed by atoms with E-state index in [4.69, 9.17) is 10.2 Å². The van der Waals surface area contributed by atoms with Gasteiger partial charge in [-0.2, -0.15) is 0 Å². The van der Waals surface area contributed by atoms with Crippen LogP contribution >= 0.6 is 0 Å². The van der Waals surface area contributed by atoms with Crippen molar-refractivity contribution in [1.29, 1.82) is 0 Å². The number of aliphatic hydroxyl groups excluding tert-OH is 1. The zero-order chi connectivity index (χ0) is 12.8. The molecule has 1 aromatic carbocycles. The highest BCUT2D eigenvalue weighted by molar-refractivity contribution is 5.66. The number of hydrogen-bond donors (Lipinski definition) is 5. The molecule has 6 nitrogen and oxygen atoms in total. The van der Waals surface area contributed by atoms with Crippen LogP contribution in [0.1, 0.15) is 18.1 Å². The maximum absolute atomic E-state index is 10.2. The van der Waals surface area contributed by atoms with Gasteiger partial charge >= 0.3 is 5.97 Å². The number of carbonyl (C=O) groups is 1. The first-order valence-corrected chi connectivity index (χ1v) is 5.13. The first-order valence-electron chi connectivity index (χ1n) is 5.13. The minimum atomic E-state index is -0.908. The van der Waals surface area contributed by atoms with Gasteiger partial charge in [0.15, 0.2) is 11.5 Å². The van der Waals surface area contributed by atoms with Crippen LogP contribution < -0.4 is 5.32 Å². The molecule has 1 unspecified atom stereocenters. The Bertz CT molecular complexity index is 393. The number of aromatic hydroxyl groups is 2. The normalized spacial score (nSPS) is 12.3. The summed E-state index contributed by atoms with van der Waals surface area (Å²) in [5, 5.41) is 39.2. The van der Waals surface area contributed by atoms with E-state index in [1.165, 1.54) is 18.2 Å². The van der Waals surface area contributed by atoms with Crippen molar-refractivity contribution >= 4 is 5.97 Å². The fraction of sp³-hybridized carbons (Fsp3) is 0.364. The maximum atomic E-state index is 10.2. The molecule has 94 valence electrons. The Morgan fingerprint density at radius 3 is 2.59 bits per heavy atom. The summed E-state index contributed by atoms with van der Waals surface area (Å²) in [7, 11) is 0. The topological polar surface area (TPSA) is 110 Å². The van der Waals surface area contributed by atoms with Crippen molar-refractivity contribution in [3.8, 4) is 11.5 Å². The molecule has 0 heterocycles. The van der Waals surface area contributed by atoms with Gasteiger partial charge in [0, 0.05) is 13.1 Å². The average Bonchev–Trinajstić information content (AvgIpc) is 2.27. The van der Waals surface area contributed by atoms with E-state index in [0.29, 0.717) is 5.56 Å². The van der Waals surface area contributed by atoms with Gasteiger partial charge in [-0.15, -0.1) is 0 Å². The molecule has 17 heavy (non-hydrogen) atoms. The SMILES string of the molecule is O=C(O)CCNCC(O)c1ccc(O)c(O)c1. The van der Waals surface area contributed by atoms with Crippen molar-refractivity contribution in [2.24, 2.45) is 0 Å². The van der Waals surface area contributed by atoms with Crippen LogP contribution in [-0.2, 0) is 4.79 Å². The third-order valence-electron chi connectivity index (χ3n) is 2.24. The molecule has 1 atom stereocenters. The van der Waals surface area contributed by atoms with Crippen LogP contribution in [0.3, 0.4) is 0 Å². The predicted molar refractivity (Wildman–Crippen MR) is 59.9 cm³/mol. The Hall–Kier alpha value is -1.79. The number of benzene rings is 1. The number of aliphatic hydroxyl groups is 1. The smallest absolute Gasteiger partial charge is 0.304 e. The molecule has 0 amide bonds. The second-order valence-electron chi connectivity index (χ2n) is 3.61. The lowest BCUT2D eigenvalue weighted by Crippen LogP contribution is -2.24. The quantitative estimate of drug-likeness (QED) is 0.359. The molecule has 5 N–H and O–H groups in total. The lowest BCUT2D eigenvalue weighted by molar-refractivity contribution is -0.136. The molecular formula is C11H15NO5. The van der Waals surface area contributed by atoms with Gasteiger partial charge in [-0.3, -0.25) is 4.79 Å². The van der Waals surface area contributed by atoms with E-state index < -0.39 is 12.1 Å². The Kier molecular flexibility index (Phi) is 4.74. The van der Waals surface area contributed by atoms with Crippen LogP contribution in [0.2, 0.25) is 0 Å². The third kappa shape index (κ3) is 4.29. The lowest BCUT2D eigenvalue weighted by Gasteiger charge is -2.12. The first kappa shape index (κ1) is 13.3. The summed E-state index contributed by atoms with van der Waals surface area (Å²) >= 11 is 0. The Morgan fingerprint density at radius 2 is 2.00 bits per heavy atom. The van der Waals surface area contributed by atoms with Gasteiger partial charge in [-0.1, -0.05) is 6.07 Å². The van der Waals surface area contributed by atoms with Gasteiger partial charge in [0.1, 0.15) is 0 Å². The summed E-state index contributed by atoms with van der Waals surface area (Å²) in [6, 6.07) is 4.03. The maximum Gasteiger partial charge on any atom is 0.304 e. The molecule has 0 aliphatic carbocycles. The molecule has 0 saturated carbocycles. The molecule has 1 aromatic rings. The van der Waals surface area contributed by atoms with Crippen molar-refractivity contribution in [3.05, 3.63) is 23.8 Å². The van der Waals surface area contributed by atoms with E-state index in [9.17, 15) is 15.0 Å². The average molecular weight is 241 g/mol. The van der Waals surface area contributed by atoms with E-state index in [2.05, 4.69) is 5.32 Å². The summed E-state index contributed by atoms with van der Waals surface area (Å²) < 4.78 is 0. The van der Waals surface area contributed by atoms with Crippen LogP contribution in [0.4, 0.5) is 0 Å². The standard InChI is InChI=1S/C11H15NO5/c13-8-2-1-7(5-9(8)14)10(15)6-12-4-3-11(16)17/h1-2,5,10,12-15H,3-4,6H2,(H,16,17). The van der Waals surface area contributed by atoms with Gasteiger partial charge in [0.05, 0.1) is 12.5 Å². The van der Waals surface area contributed by atoms with Gasteiger partial charge < -0.3 is 25.7 Å². The highest BCUT2D eigenvalue weighted by atomic mass is 16.4. The fourth-order valence-corrected chi connectivity index (χ4v) is 1.30. The van der Waals surface area contributed by atoms with Gasteiger partial charge in [-0.05, 0) is 17.7 Å². The Balaban J connectivity index is 2.44. The zero-order valence-corrected chi connectivity index (χ0v) is 9.13. The predicted octanol–water partition coefficient (Wildman–Crippen LogP) is 0.196. The van der Waals surface area contributed by atoms with E-state index in [0.717, 1.165) is 0 Å². The first-order chi connectivity index (χ1) is 8.00. The summed E-state index contributed by atoms with van der Waals surface area (Å²) in [6.45, 7) is 0.438. The van der Waals surface area contributed by atoms with Gasteiger partial charge in [0.25, 0.3) is 0 Å². The Morgan fingerprint density at radius 1 is 1.29 bits per heavy atom. The van der Waals surface area contributed by atoms with E-state index in [-0.39, 0.29) is 31.0 Å². The molecule has 0 saturated heterocycles. The number of carboxylic acid groups (broad SMARTS) is 1. The number of rotatable bonds is 6. The molecule has 0 spiro atoms. The summed E-state index contributed by atoms with van der Waals surface area (Å²) in [5.41, 5.74) is 0.447. The Labute approximate surface area is 98.1 Å². The minimum absolute atomic E-state index is 0.0203. The molecule has 0 aliphatic rings. The van der Waals surface area contributed by atoms with Crippen molar-refractivity contribution in [3.63, 3.8) is 0 Å². The van der Waals surface area contributed by atoms with Crippen molar-refractivity contribution in [1.82, 2.24) is 5.32 Å². The van der Waals surface area contributed by atoms with Crippen LogP contribution in [-0.4, -0.2) is 39.5 Å². The number of nitrogens with one attached hydrogen (secondary N) is 1. The number of phenols is 2. The van der Waals surface area contributed by atoms with Crippen LogP contribution in [0, 0.1) is 0 Å². The second-order valence-corrected chi connectivity index (χ2v) is 3.61. The highest BCUT2D eigenvalue weighted by Crippen LogP contribution is 2.27. The fourth-order valence-electron chi connectivity index (χ4n) is 1.30. The zero-order valence-electron chi connectivity index (χ0n) is 9.13. The van der Waals surface area contributed by atoms with E-state index in [1.807, 2.05) is 0 Å². The molecule has 0 fully saturated rings. The van der Waals surface area contributed by atoms with E-state index in [1.54, 1.807) is 0 Å². The van der Waals surface area contributed by atoms with Gasteiger partial charge in [0.2, 0.25) is 0 Å².